The number of fused-ring (bicyclic) bond motifs is 1. The molecule has 0 radical (unpaired) electrons. The van der Waals surface area contributed by atoms with Gasteiger partial charge in [0.25, 0.3) is 0 Å². The molecule has 0 saturated heterocycles. The second-order valence-corrected chi connectivity index (χ2v) is 4.14. The molecular formula is C14H13N3O3. The molecule has 0 atom stereocenters. The monoisotopic (exact) mass is 271 g/mol. The number of aromatic nitrogens is 2. The average Bonchev–Trinajstić information content (AvgIpc) is 2.87. The largest absolute Gasteiger partial charge is 0.493 e. The number of ether oxygens (including phenoxy) is 2. The Morgan fingerprint density at radius 2 is 2.05 bits per heavy atom. The van der Waals surface area contributed by atoms with Gasteiger partial charge in [-0.25, -0.2) is 4.98 Å². The third-order valence-electron chi connectivity index (χ3n) is 2.73. The molecule has 0 fully saturated rings. The minimum absolute atomic E-state index is 0.191. The van der Waals surface area contributed by atoms with Crippen molar-refractivity contribution in [3.63, 3.8) is 0 Å². The van der Waals surface area contributed by atoms with Crippen molar-refractivity contribution in [3.05, 3.63) is 42.4 Å². The molecular weight excluding hydrogens is 258 g/mol. The zero-order valence-electron chi connectivity index (χ0n) is 10.9. The van der Waals surface area contributed by atoms with Crippen molar-refractivity contribution >= 4 is 16.9 Å². The lowest BCUT2D eigenvalue weighted by atomic mass is 10.3. The third-order valence-corrected chi connectivity index (χ3v) is 2.73. The van der Waals surface area contributed by atoms with E-state index in [2.05, 4.69) is 9.97 Å². The number of nitrogens with two attached hydrogens (primary N) is 1. The van der Waals surface area contributed by atoms with Gasteiger partial charge in [-0.05, 0) is 12.1 Å². The number of para-hydroxylation sites is 2. The van der Waals surface area contributed by atoms with Crippen molar-refractivity contribution in [2.24, 2.45) is 0 Å². The zero-order valence-corrected chi connectivity index (χ0v) is 10.9. The first-order valence-corrected chi connectivity index (χ1v) is 6.03. The van der Waals surface area contributed by atoms with Crippen molar-refractivity contribution in [1.82, 2.24) is 9.97 Å². The standard InChI is InChI=1S/C14H13N3O3/c1-18-10-4-2-3-5-11(10)19-8-13-17-14-12(20-13)6-9(15)7-16-14/h2-7H,8,15H2,1H3. The first-order valence-electron chi connectivity index (χ1n) is 6.03. The Morgan fingerprint density at radius 1 is 1.25 bits per heavy atom. The highest BCUT2D eigenvalue weighted by Crippen LogP contribution is 2.27. The molecule has 1 aromatic carbocycles. The summed E-state index contributed by atoms with van der Waals surface area (Å²) in [5, 5.41) is 0. The lowest BCUT2D eigenvalue weighted by Crippen LogP contribution is -1.97. The van der Waals surface area contributed by atoms with E-state index >= 15 is 0 Å². The number of benzene rings is 1. The maximum Gasteiger partial charge on any atom is 0.235 e. The highest BCUT2D eigenvalue weighted by atomic mass is 16.5. The van der Waals surface area contributed by atoms with E-state index in [0.29, 0.717) is 34.3 Å². The van der Waals surface area contributed by atoms with E-state index < -0.39 is 0 Å². The molecule has 0 amide bonds. The van der Waals surface area contributed by atoms with Gasteiger partial charge < -0.3 is 19.6 Å². The van der Waals surface area contributed by atoms with Crippen LogP contribution >= 0.6 is 0 Å². The number of methoxy groups -OCH3 is 1. The molecule has 0 aliphatic heterocycles. The molecule has 2 heterocycles. The fraction of sp³-hybridized carbons (Fsp3) is 0.143. The van der Waals surface area contributed by atoms with E-state index in [0.717, 1.165) is 0 Å². The van der Waals surface area contributed by atoms with E-state index in [-0.39, 0.29) is 6.61 Å². The maximum atomic E-state index is 5.64. The normalized spacial score (nSPS) is 10.7. The van der Waals surface area contributed by atoms with Gasteiger partial charge in [0.2, 0.25) is 5.89 Å². The Labute approximate surface area is 115 Å². The van der Waals surface area contributed by atoms with Crippen LogP contribution < -0.4 is 15.2 Å². The van der Waals surface area contributed by atoms with Crippen LogP contribution in [0.5, 0.6) is 11.5 Å². The third kappa shape index (κ3) is 2.35. The van der Waals surface area contributed by atoms with Crippen LogP contribution in [0.2, 0.25) is 0 Å². The van der Waals surface area contributed by atoms with E-state index in [1.165, 1.54) is 6.20 Å². The summed E-state index contributed by atoms with van der Waals surface area (Å²) < 4.78 is 16.4. The SMILES string of the molecule is COc1ccccc1OCc1nc2ncc(N)cc2o1. The highest BCUT2D eigenvalue weighted by molar-refractivity contribution is 5.71. The number of pyridine rings is 1. The molecule has 0 spiro atoms. The van der Waals surface area contributed by atoms with Gasteiger partial charge in [-0.2, -0.15) is 4.98 Å². The number of rotatable bonds is 4. The Hall–Kier alpha value is -2.76. The summed E-state index contributed by atoms with van der Waals surface area (Å²) in [6.07, 6.45) is 1.54. The van der Waals surface area contributed by atoms with Crippen molar-refractivity contribution in [1.29, 1.82) is 0 Å². The smallest absolute Gasteiger partial charge is 0.235 e. The van der Waals surface area contributed by atoms with Crippen molar-refractivity contribution < 1.29 is 13.9 Å². The van der Waals surface area contributed by atoms with Gasteiger partial charge in [-0.1, -0.05) is 12.1 Å². The number of nitrogens with zero attached hydrogens (tertiary/aromatic N) is 2. The molecule has 3 rings (SSSR count). The Bertz CT molecular complexity index is 739. The summed E-state index contributed by atoms with van der Waals surface area (Å²) in [5.74, 6) is 1.72. The predicted molar refractivity (Wildman–Crippen MR) is 73.5 cm³/mol. The van der Waals surface area contributed by atoms with Crippen molar-refractivity contribution in [2.75, 3.05) is 12.8 Å². The van der Waals surface area contributed by atoms with Crippen molar-refractivity contribution in [3.8, 4) is 11.5 Å². The van der Waals surface area contributed by atoms with Crippen LogP contribution in [0.25, 0.3) is 11.2 Å². The Balaban J connectivity index is 1.79. The molecule has 0 aliphatic rings. The Morgan fingerprint density at radius 3 is 2.85 bits per heavy atom. The predicted octanol–water partition coefficient (Wildman–Crippen LogP) is 2.39. The van der Waals surface area contributed by atoms with Gasteiger partial charge in [0.15, 0.2) is 29.3 Å². The number of oxazole rings is 1. The number of hydrogen-bond acceptors (Lipinski definition) is 6. The molecule has 0 bridgehead atoms. The summed E-state index contributed by atoms with van der Waals surface area (Å²) in [6.45, 7) is 0.191. The second-order valence-electron chi connectivity index (χ2n) is 4.14. The Kier molecular flexibility index (Phi) is 3.12. The van der Waals surface area contributed by atoms with Gasteiger partial charge in [0.1, 0.15) is 0 Å². The zero-order chi connectivity index (χ0) is 13.9. The van der Waals surface area contributed by atoms with Crippen LogP contribution in [0.3, 0.4) is 0 Å². The van der Waals surface area contributed by atoms with E-state index in [1.54, 1.807) is 13.2 Å². The maximum absolute atomic E-state index is 5.64. The van der Waals surface area contributed by atoms with Crippen LogP contribution in [0.4, 0.5) is 5.69 Å². The van der Waals surface area contributed by atoms with Gasteiger partial charge >= 0.3 is 0 Å². The average molecular weight is 271 g/mol. The molecule has 0 aliphatic carbocycles. The first-order chi connectivity index (χ1) is 9.76. The summed E-state index contributed by atoms with van der Waals surface area (Å²) >= 11 is 0. The fourth-order valence-electron chi connectivity index (χ4n) is 1.82. The first kappa shape index (κ1) is 12.3. The summed E-state index contributed by atoms with van der Waals surface area (Å²) in [6, 6.07) is 9.06. The molecule has 20 heavy (non-hydrogen) atoms. The summed E-state index contributed by atoms with van der Waals surface area (Å²) in [4.78, 5) is 8.31. The molecule has 102 valence electrons. The van der Waals surface area contributed by atoms with Crippen LogP contribution in [0.1, 0.15) is 5.89 Å². The molecule has 6 nitrogen and oxygen atoms in total. The van der Waals surface area contributed by atoms with Crippen molar-refractivity contribution in [2.45, 2.75) is 6.61 Å². The van der Waals surface area contributed by atoms with Crippen LogP contribution in [0.15, 0.2) is 40.9 Å². The highest BCUT2D eigenvalue weighted by Gasteiger charge is 2.09. The lowest BCUT2D eigenvalue weighted by Gasteiger charge is -2.08. The quantitative estimate of drug-likeness (QED) is 0.784. The topological polar surface area (TPSA) is 83.4 Å². The molecule has 0 unspecified atom stereocenters. The number of anilines is 1. The molecule has 2 N–H and O–H groups in total. The fourth-order valence-corrected chi connectivity index (χ4v) is 1.82. The molecule has 3 aromatic rings. The minimum atomic E-state index is 0.191. The van der Waals surface area contributed by atoms with E-state index in [4.69, 9.17) is 19.6 Å². The molecule has 6 heteroatoms. The van der Waals surface area contributed by atoms with Gasteiger partial charge in [-0.15, -0.1) is 0 Å². The second kappa shape index (κ2) is 5.08. The minimum Gasteiger partial charge on any atom is -0.493 e. The van der Waals surface area contributed by atoms with Crippen LogP contribution in [-0.4, -0.2) is 17.1 Å². The molecule has 0 saturated carbocycles. The number of nitrogen functional groups attached to an aromatic ring is 1. The van der Waals surface area contributed by atoms with E-state index in [9.17, 15) is 0 Å². The van der Waals surface area contributed by atoms with E-state index in [1.807, 2.05) is 24.3 Å². The van der Waals surface area contributed by atoms with Gasteiger partial charge in [0.05, 0.1) is 19.0 Å². The molecule has 2 aromatic heterocycles. The number of hydrogen-bond donors (Lipinski definition) is 1. The van der Waals surface area contributed by atoms with Crippen LogP contribution in [-0.2, 0) is 6.61 Å². The van der Waals surface area contributed by atoms with Crippen LogP contribution in [0, 0.1) is 0 Å². The van der Waals surface area contributed by atoms with Gasteiger partial charge in [0, 0.05) is 6.07 Å². The summed E-state index contributed by atoms with van der Waals surface area (Å²) in [5.41, 5.74) is 7.23. The lowest BCUT2D eigenvalue weighted by molar-refractivity contribution is 0.253. The van der Waals surface area contributed by atoms with Gasteiger partial charge in [-0.3, -0.25) is 0 Å². The summed E-state index contributed by atoms with van der Waals surface area (Å²) in [7, 11) is 1.59.